The van der Waals surface area contributed by atoms with Gasteiger partial charge in [0.15, 0.2) is 0 Å². The number of carboxylic acids is 1. The third kappa shape index (κ3) is 3.55. The van der Waals surface area contributed by atoms with Crippen molar-refractivity contribution in [2.75, 3.05) is 12.0 Å². The van der Waals surface area contributed by atoms with Crippen LogP contribution in [0, 0.1) is 0 Å². The largest absolute Gasteiger partial charge is 0.480 e. The molecule has 0 fully saturated rings. The standard InChI is InChI=1S/C14H19NO3S2/c1-19-7-6-11(14(17)18)15-13(16)10-8-20-12-5-3-2-4-9(10)12/h8,11H,2-7H2,1H3,(H,15,16)(H,17,18)/t11-/m0/s1. The molecule has 110 valence electrons. The third-order valence-electron chi connectivity index (χ3n) is 3.52. The number of fused-ring (bicyclic) bond motifs is 1. The van der Waals surface area contributed by atoms with E-state index in [1.807, 2.05) is 11.6 Å². The van der Waals surface area contributed by atoms with E-state index in [4.69, 9.17) is 5.11 Å². The molecular formula is C14H19NO3S2. The van der Waals surface area contributed by atoms with Crippen LogP contribution in [0.4, 0.5) is 0 Å². The number of hydrogen-bond acceptors (Lipinski definition) is 4. The molecule has 0 bridgehead atoms. The first-order valence-electron chi connectivity index (χ1n) is 6.75. The summed E-state index contributed by atoms with van der Waals surface area (Å²) in [6.45, 7) is 0. The van der Waals surface area contributed by atoms with Crippen LogP contribution < -0.4 is 5.32 Å². The van der Waals surface area contributed by atoms with Crippen LogP contribution in [-0.2, 0) is 17.6 Å². The molecule has 1 atom stereocenters. The molecule has 0 spiro atoms. The van der Waals surface area contributed by atoms with Crippen LogP contribution in [0.5, 0.6) is 0 Å². The lowest BCUT2D eigenvalue weighted by Crippen LogP contribution is -2.41. The van der Waals surface area contributed by atoms with Gasteiger partial charge in [-0.3, -0.25) is 4.79 Å². The average molecular weight is 313 g/mol. The molecule has 2 rings (SSSR count). The van der Waals surface area contributed by atoms with Gasteiger partial charge in [-0.2, -0.15) is 11.8 Å². The second kappa shape index (κ2) is 7.13. The predicted octanol–water partition coefficient (Wildman–Crippen LogP) is 2.56. The molecule has 4 nitrogen and oxygen atoms in total. The number of carboxylic acid groups (broad SMARTS) is 1. The Balaban J connectivity index is 2.06. The lowest BCUT2D eigenvalue weighted by atomic mass is 9.95. The van der Waals surface area contributed by atoms with Gasteiger partial charge in [0.2, 0.25) is 0 Å². The van der Waals surface area contributed by atoms with Gasteiger partial charge < -0.3 is 10.4 Å². The first-order chi connectivity index (χ1) is 9.63. The van der Waals surface area contributed by atoms with Crippen LogP contribution in [0.15, 0.2) is 5.38 Å². The Labute approximate surface area is 127 Å². The molecule has 0 radical (unpaired) electrons. The molecule has 1 amide bonds. The number of thioether (sulfide) groups is 1. The third-order valence-corrected chi connectivity index (χ3v) is 5.25. The van der Waals surface area contributed by atoms with Crippen molar-refractivity contribution < 1.29 is 14.7 Å². The van der Waals surface area contributed by atoms with Crippen molar-refractivity contribution in [1.29, 1.82) is 0 Å². The fourth-order valence-electron chi connectivity index (χ4n) is 2.41. The maximum Gasteiger partial charge on any atom is 0.326 e. The van der Waals surface area contributed by atoms with Crippen molar-refractivity contribution in [3.8, 4) is 0 Å². The highest BCUT2D eigenvalue weighted by Gasteiger charge is 2.24. The monoisotopic (exact) mass is 313 g/mol. The fraction of sp³-hybridized carbons (Fsp3) is 0.571. The summed E-state index contributed by atoms with van der Waals surface area (Å²) in [4.78, 5) is 24.7. The number of thiophene rings is 1. The molecule has 0 aromatic carbocycles. The van der Waals surface area contributed by atoms with Crippen molar-refractivity contribution in [2.45, 2.75) is 38.1 Å². The first-order valence-corrected chi connectivity index (χ1v) is 9.02. The highest BCUT2D eigenvalue weighted by Crippen LogP contribution is 2.30. The molecule has 1 aliphatic rings. The Morgan fingerprint density at radius 1 is 1.45 bits per heavy atom. The van der Waals surface area contributed by atoms with E-state index in [1.165, 1.54) is 11.3 Å². The van der Waals surface area contributed by atoms with E-state index in [0.717, 1.165) is 30.6 Å². The number of rotatable bonds is 6. The van der Waals surface area contributed by atoms with Gasteiger partial charge >= 0.3 is 5.97 Å². The average Bonchev–Trinajstić information content (AvgIpc) is 2.87. The number of carbonyl (C=O) groups is 2. The Bertz CT molecular complexity index is 499. The molecular weight excluding hydrogens is 294 g/mol. The molecule has 1 aliphatic carbocycles. The SMILES string of the molecule is CSCC[C@H](NC(=O)c1csc2c1CCCC2)C(=O)O. The summed E-state index contributed by atoms with van der Waals surface area (Å²) in [6.07, 6.45) is 6.65. The molecule has 1 aromatic heterocycles. The lowest BCUT2D eigenvalue weighted by molar-refractivity contribution is -0.139. The summed E-state index contributed by atoms with van der Waals surface area (Å²) in [6, 6.07) is -0.797. The molecule has 0 saturated carbocycles. The Morgan fingerprint density at radius 3 is 2.90 bits per heavy atom. The highest BCUT2D eigenvalue weighted by molar-refractivity contribution is 7.98. The van der Waals surface area contributed by atoms with Crippen LogP contribution in [0.2, 0.25) is 0 Å². The Morgan fingerprint density at radius 2 is 2.20 bits per heavy atom. The minimum absolute atomic E-state index is 0.238. The van der Waals surface area contributed by atoms with E-state index >= 15 is 0 Å². The number of nitrogens with one attached hydrogen (secondary N) is 1. The molecule has 0 unspecified atom stereocenters. The summed E-state index contributed by atoms with van der Waals surface area (Å²) in [5.41, 5.74) is 1.81. The molecule has 1 aromatic rings. The van der Waals surface area contributed by atoms with Gasteiger partial charge in [-0.1, -0.05) is 0 Å². The van der Waals surface area contributed by atoms with Crippen LogP contribution in [0.25, 0.3) is 0 Å². The van der Waals surface area contributed by atoms with Crippen LogP contribution in [-0.4, -0.2) is 35.0 Å². The van der Waals surface area contributed by atoms with Crippen LogP contribution in [0.1, 0.15) is 40.1 Å². The summed E-state index contributed by atoms with van der Waals surface area (Å²) < 4.78 is 0. The molecule has 20 heavy (non-hydrogen) atoms. The van der Waals surface area contributed by atoms with Gasteiger partial charge in [0.25, 0.3) is 5.91 Å². The van der Waals surface area contributed by atoms with Gasteiger partial charge in [-0.15, -0.1) is 11.3 Å². The van der Waals surface area contributed by atoms with Gasteiger partial charge in [0.1, 0.15) is 6.04 Å². The number of aliphatic carboxylic acids is 1. The maximum atomic E-state index is 12.3. The van der Waals surface area contributed by atoms with Gasteiger partial charge in [-0.25, -0.2) is 4.79 Å². The topological polar surface area (TPSA) is 66.4 Å². The van der Waals surface area contributed by atoms with E-state index in [1.54, 1.807) is 23.1 Å². The molecule has 0 saturated heterocycles. The molecule has 0 aliphatic heterocycles. The van der Waals surface area contributed by atoms with E-state index in [9.17, 15) is 9.59 Å². The number of aryl methyl sites for hydroxylation is 1. The van der Waals surface area contributed by atoms with Gasteiger partial charge in [0.05, 0.1) is 5.56 Å². The van der Waals surface area contributed by atoms with E-state index in [2.05, 4.69) is 5.32 Å². The van der Waals surface area contributed by atoms with E-state index in [0.29, 0.717) is 12.0 Å². The zero-order valence-corrected chi connectivity index (χ0v) is 13.1. The first kappa shape index (κ1) is 15.4. The maximum absolute atomic E-state index is 12.3. The van der Waals surface area contributed by atoms with Crippen molar-refractivity contribution >= 4 is 35.0 Å². The zero-order valence-electron chi connectivity index (χ0n) is 11.5. The number of hydrogen-bond donors (Lipinski definition) is 2. The number of carbonyl (C=O) groups excluding carboxylic acids is 1. The molecule has 2 N–H and O–H groups in total. The van der Waals surface area contributed by atoms with Crippen molar-refractivity contribution in [3.63, 3.8) is 0 Å². The second-order valence-electron chi connectivity index (χ2n) is 4.90. The Hall–Kier alpha value is -1.01. The number of amides is 1. The summed E-state index contributed by atoms with van der Waals surface area (Å²) >= 11 is 3.20. The fourth-order valence-corrected chi connectivity index (χ4v) is 4.01. The second-order valence-corrected chi connectivity index (χ2v) is 6.85. The Kier molecular flexibility index (Phi) is 5.48. The van der Waals surface area contributed by atoms with Crippen molar-refractivity contribution in [3.05, 3.63) is 21.4 Å². The molecule has 6 heteroatoms. The van der Waals surface area contributed by atoms with Gasteiger partial charge in [-0.05, 0) is 49.7 Å². The van der Waals surface area contributed by atoms with Crippen molar-refractivity contribution in [2.24, 2.45) is 0 Å². The van der Waals surface area contributed by atoms with E-state index < -0.39 is 12.0 Å². The van der Waals surface area contributed by atoms with Gasteiger partial charge in [0, 0.05) is 10.3 Å². The lowest BCUT2D eigenvalue weighted by Gasteiger charge is -2.16. The quantitative estimate of drug-likeness (QED) is 0.847. The normalized spacial score (nSPS) is 15.4. The predicted molar refractivity (Wildman–Crippen MR) is 82.9 cm³/mol. The zero-order chi connectivity index (χ0) is 14.5. The minimum Gasteiger partial charge on any atom is -0.480 e. The minimum atomic E-state index is -0.962. The van der Waals surface area contributed by atoms with Crippen LogP contribution in [0.3, 0.4) is 0 Å². The summed E-state index contributed by atoms with van der Waals surface area (Å²) in [5.74, 6) is -0.478. The van der Waals surface area contributed by atoms with Crippen LogP contribution >= 0.6 is 23.1 Å². The summed E-state index contributed by atoms with van der Waals surface area (Å²) in [5, 5.41) is 13.7. The highest BCUT2D eigenvalue weighted by atomic mass is 32.2. The smallest absolute Gasteiger partial charge is 0.326 e. The van der Waals surface area contributed by atoms with Crippen molar-refractivity contribution in [1.82, 2.24) is 5.32 Å². The summed E-state index contributed by atoms with van der Waals surface area (Å²) in [7, 11) is 0. The molecule has 1 heterocycles. The van der Waals surface area contributed by atoms with E-state index in [-0.39, 0.29) is 5.91 Å².